The van der Waals surface area contributed by atoms with Crippen molar-refractivity contribution in [2.45, 2.75) is 76.6 Å². The first-order valence-electron chi connectivity index (χ1n) is 14.0. The molecule has 8 heteroatoms. The highest BCUT2D eigenvalue weighted by atomic mass is 19.3. The van der Waals surface area contributed by atoms with Gasteiger partial charge in [0.15, 0.2) is 5.82 Å². The molecule has 0 saturated heterocycles. The molecule has 0 spiro atoms. The number of nitrogens with zero attached hydrogens (tertiary/aromatic N) is 4. The van der Waals surface area contributed by atoms with Crippen LogP contribution in [0, 0.1) is 18.3 Å². The highest BCUT2D eigenvalue weighted by Crippen LogP contribution is 2.58. The van der Waals surface area contributed by atoms with Gasteiger partial charge in [-0.15, -0.1) is 0 Å². The summed E-state index contributed by atoms with van der Waals surface area (Å²) in [5, 5.41) is 4.13. The van der Waals surface area contributed by atoms with E-state index in [0.29, 0.717) is 24.0 Å². The molecule has 3 saturated carbocycles. The quantitative estimate of drug-likeness (QED) is 0.325. The topological polar surface area (TPSA) is 72.1 Å². The van der Waals surface area contributed by atoms with Gasteiger partial charge < -0.3 is 9.42 Å². The maximum atomic E-state index is 14.1. The van der Waals surface area contributed by atoms with E-state index >= 15 is 0 Å². The van der Waals surface area contributed by atoms with Crippen molar-refractivity contribution < 1.29 is 18.1 Å². The fourth-order valence-electron chi connectivity index (χ4n) is 6.76. The summed E-state index contributed by atoms with van der Waals surface area (Å²) in [6, 6.07) is 11.8. The number of hydrogen-bond donors (Lipinski definition) is 0. The van der Waals surface area contributed by atoms with Crippen LogP contribution in [0.15, 0.2) is 52.7 Å². The van der Waals surface area contributed by atoms with Crippen LogP contribution in [0.4, 0.5) is 14.5 Å². The summed E-state index contributed by atoms with van der Waals surface area (Å²) in [6.07, 6.45) is 7.42. The van der Waals surface area contributed by atoms with Gasteiger partial charge in [0.2, 0.25) is 11.8 Å². The second-order valence-corrected chi connectivity index (χ2v) is 12.1. The minimum absolute atomic E-state index is 0.0304. The van der Waals surface area contributed by atoms with Crippen LogP contribution in [0.1, 0.15) is 80.8 Å². The van der Waals surface area contributed by atoms with Crippen LogP contribution in [0.25, 0.3) is 17.0 Å². The molecule has 39 heavy (non-hydrogen) atoms. The van der Waals surface area contributed by atoms with E-state index < -0.39 is 11.8 Å². The Hall–Kier alpha value is -3.42. The summed E-state index contributed by atoms with van der Waals surface area (Å²) < 4.78 is 33.8. The number of allylic oxidation sites excluding steroid dienone is 2. The molecule has 1 amide bonds. The van der Waals surface area contributed by atoms with Crippen molar-refractivity contribution in [1.29, 1.82) is 0 Å². The number of carbonyl (C=O) groups is 1. The number of carbonyl (C=O) groups excluding carboxylic acids is 1. The first kappa shape index (κ1) is 24.6. The summed E-state index contributed by atoms with van der Waals surface area (Å²) in [7, 11) is 0. The molecule has 0 radical (unpaired) electrons. The molecular formula is C31H32F2N4O2. The molecule has 2 bridgehead atoms. The van der Waals surface area contributed by atoms with E-state index in [1.807, 2.05) is 37.4 Å². The Bertz CT molecular complexity index is 1470. The van der Waals surface area contributed by atoms with Gasteiger partial charge >= 0.3 is 0 Å². The van der Waals surface area contributed by atoms with Crippen LogP contribution >= 0.6 is 0 Å². The second kappa shape index (κ2) is 9.07. The van der Waals surface area contributed by atoms with Crippen LogP contribution < -0.4 is 4.90 Å². The molecule has 0 aliphatic heterocycles. The molecular weight excluding hydrogens is 498 g/mol. The van der Waals surface area contributed by atoms with Crippen molar-refractivity contribution >= 4 is 17.2 Å². The lowest BCUT2D eigenvalue weighted by molar-refractivity contribution is -0.123. The van der Waals surface area contributed by atoms with Gasteiger partial charge in [0.05, 0.1) is 0 Å². The molecule has 3 fully saturated rings. The molecule has 5 aliphatic carbocycles. The lowest BCUT2D eigenvalue weighted by atomic mass is 9.56. The number of halogens is 2. The van der Waals surface area contributed by atoms with Gasteiger partial charge in [-0.05, 0) is 98.8 Å². The molecule has 3 aromatic rings. The van der Waals surface area contributed by atoms with E-state index in [4.69, 9.17) is 4.52 Å². The summed E-state index contributed by atoms with van der Waals surface area (Å²) in [6.45, 7) is 2.54. The van der Waals surface area contributed by atoms with Gasteiger partial charge in [-0.2, -0.15) is 4.98 Å². The summed E-state index contributed by atoms with van der Waals surface area (Å²) >= 11 is 0. The lowest BCUT2D eigenvalue weighted by Crippen LogP contribution is -2.49. The van der Waals surface area contributed by atoms with Crippen molar-refractivity contribution in [3.63, 3.8) is 0 Å². The molecule has 202 valence electrons. The number of benzene rings is 1. The zero-order valence-corrected chi connectivity index (χ0v) is 22.1. The monoisotopic (exact) mass is 530 g/mol. The van der Waals surface area contributed by atoms with Gasteiger partial charge in [-0.3, -0.25) is 9.78 Å². The van der Waals surface area contributed by atoms with Crippen LogP contribution in [-0.2, 0) is 4.79 Å². The maximum Gasteiger partial charge on any atom is 0.258 e. The van der Waals surface area contributed by atoms with Gasteiger partial charge in [-0.1, -0.05) is 16.8 Å². The van der Waals surface area contributed by atoms with Gasteiger partial charge in [0.25, 0.3) is 5.89 Å². The Kier molecular flexibility index (Phi) is 5.72. The third-order valence-electron chi connectivity index (χ3n) is 9.06. The van der Waals surface area contributed by atoms with Crippen LogP contribution in [0.3, 0.4) is 0 Å². The first-order valence-corrected chi connectivity index (χ1v) is 14.0. The second-order valence-electron chi connectivity index (χ2n) is 12.1. The Morgan fingerprint density at radius 1 is 1.10 bits per heavy atom. The zero-order valence-electron chi connectivity index (χ0n) is 22.1. The Morgan fingerprint density at radius 3 is 2.64 bits per heavy atom. The van der Waals surface area contributed by atoms with E-state index in [1.165, 1.54) is 16.7 Å². The minimum atomic E-state index is -2.77. The number of aryl methyl sites for hydroxylation is 1. The van der Waals surface area contributed by atoms with E-state index in [-0.39, 0.29) is 30.6 Å². The Labute approximate surface area is 226 Å². The number of hydrogen-bond acceptors (Lipinski definition) is 5. The molecule has 2 heterocycles. The van der Waals surface area contributed by atoms with Crippen LogP contribution in [-0.4, -0.2) is 33.5 Å². The van der Waals surface area contributed by atoms with Crippen LogP contribution in [0.5, 0.6) is 0 Å². The normalized spacial score (nSPS) is 23.0. The number of rotatable bonds is 7. The third-order valence-corrected chi connectivity index (χ3v) is 9.06. The van der Waals surface area contributed by atoms with E-state index in [9.17, 15) is 13.6 Å². The molecule has 8 rings (SSSR count). The fraction of sp³-hybridized carbons (Fsp3) is 0.484. The van der Waals surface area contributed by atoms with E-state index in [0.717, 1.165) is 55.6 Å². The zero-order chi connectivity index (χ0) is 26.8. The van der Waals surface area contributed by atoms with Gasteiger partial charge in [-0.25, -0.2) is 8.78 Å². The molecule has 0 N–H and O–H groups in total. The summed E-state index contributed by atoms with van der Waals surface area (Å²) in [5.41, 5.74) is 6.52. The molecule has 1 atom stereocenters. The number of alkyl halides is 2. The predicted octanol–water partition coefficient (Wildman–Crippen LogP) is 7.11. The summed E-state index contributed by atoms with van der Waals surface area (Å²) in [4.78, 5) is 24.6. The number of fused-ring (bicyclic) bond motifs is 2. The first-order chi connectivity index (χ1) is 18.8. The van der Waals surface area contributed by atoms with E-state index in [1.54, 1.807) is 4.90 Å². The SMILES string of the molecule is Cc1cc(C2=C3CC(CN(C(=O)C4CCC(F)(F)C4)c4cccc(-c5nc(C6CC6)no5)c4)(CC2)C3)ccn1. The minimum Gasteiger partial charge on any atom is -0.334 e. The van der Waals surface area contributed by atoms with Crippen molar-refractivity contribution in [1.82, 2.24) is 15.1 Å². The Morgan fingerprint density at radius 2 is 1.95 bits per heavy atom. The molecule has 6 nitrogen and oxygen atoms in total. The van der Waals surface area contributed by atoms with E-state index in [2.05, 4.69) is 27.3 Å². The number of pyridine rings is 1. The smallest absolute Gasteiger partial charge is 0.258 e. The number of aromatic nitrogens is 3. The van der Waals surface area contributed by atoms with Crippen molar-refractivity contribution in [3.8, 4) is 11.5 Å². The van der Waals surface area contributed by atoms with Crippen LogP contribution in [0.2, 0.25) is 0 Å². The fourth-order valence-corrected chi connectivity index (χ4v) is 6.76. The molecule has 5 aliphatic rings. The standard InChI is InChI=1S/C31H32F2N4O2/c1-19-13-21(9-12-34-19)26-8-10-30(15-24(26)16-30)18-37(29(38)23-7-11-31(32,33)17-23)25-4-2-3-22(14-25)28-35-27(36-39-28)20-5-6-20/h2-4,9,12-14,20,23H,5-8,10-11,15-18H2,1H3. The van der Waals surface area contributed by atoms with Gasteiger partial charge in [0.1, 0.15) is 0 Å². The Balaban J connectivity index is 1.17. The molecule has 1 aromatic carbocycles. The van der Waals surface area contributed by atoms with Crippen molar-refractivity contribution in [2.24, 2.45) is 11.3 Å². The van der Waals surface area contributed by atoms with Crippen molar-refractivity contribution in [2.75, 3.05) is 11.4 Å². The van der Waals surface area contributed by atoms with Crippen molar-refractivity contribution in [3.05, 3.63) is 65.2 Å². The highest BCUT2D eigenvalue weighted by molar-refractivity contribution is 5.96. The highest BCUT2D eigenvalue weighted by Gasteiger charge is 2.49. The third kappa shape index (κ3) is 4.68. The molecule has 2 aromatic heterocycles. The number of anilines is 1. The maximum absolute atomic E-state index is 14.1. The largest absolute Gasteiger partial charge is 0.334 e. The summed E-state index contributed by atoms with van der Waals surface area (Å²) in [5.74, 6) is -2.11. The average molecular weight is 531 g/mol. The predicted molar refractivity (Wildman–Crippen MR) is 143 cm³/mol. The lowest BCUT2D eigenvalue weighted by Gasteiger charge is -2.52. The van der Waals surface area contributed by atoms with Gasteiger partial charge in [0, 0.05) is 54.4 Å². The molecule has 1 unspecified atom stereocenters. The number of amides is 1. The average Bonchev–Trinajstić information content (AvgIpc) is 3.52.